The summed E-state index contributed by atoms with van der Waals surface area (Å²) in [6.45, 7) is 0.984. The Morgan fingerprint density at radius 2 is 2.10 bits per heavy atom. The van der Waals surface area contributed by atoms with Crippen molar-refractivity contribution >= 4 is 15.7 Å². The lowest BCUT2D eigenvalue weighted by molar-refractivity contribution is 0.183. The standard InChI is InChI=1S/C14H23N3O3S/c1-20-10-12(8-9-15)16-13-4-2-3-5-14(13)21(18,19)17-11-6-7-11/h2-5,11-12,16-17H,6-10,15H2,1H3. The Hall–Kier alpha value is -1.15. The summed E-state index contributed by atoms with van der Waals surface area (Å²) in [5.41, 5.74) is 6.17. The molecule has 118 valence electrons. The first-order chi connectivity index (χ1) is 10.1. The molecule has 0 saturated heterocycles. The van der Waals surface area contributed by atoms with E-state index in [0.29, 0.717) is 25.3 Å². The highest BCUT2D eigenvalue weighted by molar-refractivity contribution is 7.89. The smallest absolute Gasteiger partial charge is 0.242 e. The third-order valence-electron chi connectivity index (χ3n) is 3.32. The highest BCUT2D eigenvalue weighted by Crippen LogP contribution is 2.26. The second kappa shape index (κ2) is 7.22. The number of rotatable bonds is 9. The summed E-state index contributed by atoms with van der Waals surface area (Å²) >= 11 is 0. The summed E-state index contributed by atoms with van der Waals surface area (Å²) in [7, 11) is -1.87. The molecule has 1 unspecified atom stereocenters. The Bertz CT molecular complexity index is 552. The Balaban J connectivity index is 2.19. The van der Waals surface area contributed by atoms with Crippen LogP contribution in [-0.4, -0.2) is 40.8 Å². The van der Waals surface area contributed by atoms with Gasteiger partial charge >= 0.3 is 0 Å². The molecule has 1 fully saturated rings. The van der Waals surface area contributed by atoms with E-state index in [1.54, 1.807) is 25.3 Å². The van der Waals surface area contributed by atoms with Gasteiger partial charge in [0.05, 0.1) is 18.3 Å². The van der Waals surface area contributed by atoms with Gasteiger partial charge in [-0.05, 0) is 37.9 Å². The van der Waals surface area contributed by atoms with Crippen LogP contribution < -0.4 is 15.8 Å². The van der Waals surface area contributed by atoms with Gasteiger partial charge in [0.15, 0.2) is 0 Å². The molecule has 0 bridgehead atoms. The SMILES string of the molecule is COCC(CCN)Nc1ccccc1S(=O)(=O)NC1CC1. The molecule has 1 aromatic carbocycles. The summed E-state index contributed by atoms with van der Waals surface area (Å²) < 4.78 is 32.6. The number of nitrogens with two attached hydrogens (primary N) is 1. The number of anilines is 1. The van der Waals surface area contributed by atoms with Crippen LogP contribution in [0.2, 0.25) is 0 Å². The van der Waals surface area contributed by atoms with Crippen molar-refractivity contribution in [2.45, 2.75) is 36.2 Å². The van der Waals surface area contributed by atoms with Gasteiger partial charge in [0, 0.05) is 13.2 Å². The summed E-state index contributed by atoms with van der Waals surface area (Å²) in [4.78, 5) is 0.273. The van der Waals surface area contributed by atoms with Crippen LogP contribution >= 0.6 is 0 Å². The molecular weight excluding hydrogens is 290 g/mol. The van der Waals surface area contributed by atoms with Gasteiger partial charge in [-0.25, -0.2) is 13.1 Å². The minimum atomic E-state index is -3.49. The fraction of sp³-hybridized carbons (Fsp3) is 0.571. The number of ether oxygens (including phenoxy) is 1. The maximum absolute atomic E-state index is 12.4. The van der Waals surface area contributed by atoms with Crippen molar-refractivity contribution < 1.29 is 13.2 Å². The van der Waals surface area contributed by atoms with E-state index in [1.807, 2.05) is 6.07 Å². The predicted octanol–water partition coefficient (Wildman–Crippen LogP) is 0.903. The van der Waals surface area contributed by atoms with Crippen LogP contribution in [0.15, 0.2) is 29.2 Å². The summed E-state index contributed by atoms with van der Waals surface area (Å²) in [6, 6.07) is 6.98. The topological polar surface area (TPSA) is 93.4 Å². The van der Waals surface area contributed by atoms with Crippen LogP contribution in [0.1, 0.15) is 19.3 Å². The molecular formula is C14H23N3O3S. The van der Waals surface area contributed by atoms with Crippen LogP contribution in [0.4, 0.5) is 5.69 Å². The number of nitrogens with one attached hydrogen (secondary N) is 2. The Morgan fingerprint density at radius 1 is 1.38 bits per heavy atom. The summed E-state index contributed by atoms with van der Waals surface area (Å²) in [6.07, 6.45) is 2.53. The van der Waals surface area contributed by atoms with Crippen molar-refractivity contribution in [3.05, 3.63) is 24.3 Å². The van der Waals surface area contributed by atoms with E-state index < -0.39 is 10.0 Å². The van der Waals surface area contributed by atoms with Crippen LogP contribution in [-0.2, 0) is 14.8 Å². The van der Waals surface area contributed by atoms with E-state index in [-0.39, 0.29) is 17.0 Å². The van der Waals surface area contributed by atoms with Crippen molar-refractivity contribution in [2.75, 3.05) is 25.6 Å². The molecule has 0 aromatic heterocycles. The highest BCUT2D eigenvalue weighted by Gasteiger charge is 2.29. The highest BCUT2D eigenvalue weighted by atomic mass is 32.2. The molecule has 4 N–H and O–H groups in total. The Kier molecular flexibility index (Phi) is 5.58. The Morgan fingerprint density at radius 3 is 2.71 bits per heavy atom. The van der Waals surface area contributed by atoms with Gasteiger partial charge in [0.25, 0.3) is 0 Å². The molecule has 6 nitrogen and oxygen atoms in total. The number of hydrogen-bond acceptors (Lipinski definition) is 5. The molecule has 1 atom stereocenters. The van der Waals surface area contributed by atoms with Gasteiger partial charge < -0.3 is 15.8 Å². The maximum atomic E-state index is 12.4. The first-order valence-corrected chi connectivity index (χ1v) is 8.62. The summed E-state index contributed by atoms with van der Waals surface area (Å²) in [5, 5.41) is 3.23. The van der Waals surface area contributed by atoms with E-state index in [1.165, 1.54) is 0 Å². The number of methoxy groups -OCH3 is 1. The van der Waals surface area contributed by atoms with Gasteiger partial charge in [0.1, 0.15) is 4.90 Å². The van der Waals surface area contributed by atoms with E-state index in [2.05, 4.69) is 10.0 Å². The second-order valence-corrected chi connectivity index (χ2v) is 6.95. The lowest BCUT2D eigenvalue weighted by Crippen LogP contribution is -2.30. The largest absolute Gasteiger partial charge is 0.383 e. The monoisotopic (exact) mass is 313 g/mol. The first-order valence-electron chi connectivity index (χ1n) is 7.13. The molecule has 1 aromatic rings. The summed E-state index contributed by atoms with van der Waals surface area (Å²) in [5.74, 6) is 0. The molecule has 2 rings (SSSR count). The number of benzene rings is 1. The molecule has 21 heavy (non-hydrogen) atoms. The number of para-hydroxylation sites is 1. The molecule has 0 spiro atoms. The van der Waals surface area contributed by atoms with Crippen LogP contribution in [0.5, 0.6) is 0 Å². The quantitative estimate of drug-likeness (QED) is 0.630. The minimum absolute atomic E-state index is 0.0164. The van der Waals surface area contributed by atoms with E-state index in [4.69, 9.17) is 10.5 Å². The fourth-order valence-corrected chi connectivity index (χ4v) is 3.60. The zero-order chi connectivity index (χ0) is 15.3. The van der Waals surface area contributed by atoms with Gasteiger partial charge in [-0.3, -0.25) is 0 Å². The van der Waals surface area contributed by atoms with Gasteiger partial charge in [0.2, 0.25) is 10.0 Å². The molecule has 0 aliphatic heterocycles. The van der Waals surface area contributed by atoms with Crippen molar-refractivity contribution in [1.29, 1.82) is 0 Å². The zero-order valence-corrected chi connectivity index (χ0v) is 13.0. The van der Waals surface area contributed by atoms with Crippen molar-refractivity contribution in [3.8, 4) is 0 Å². The average Bonchev–Trinajstić information content (AvgIpc) is 3.23. The molecule has 1 aliphatic carbocycles. The van der Waals surface area contributed by atoms with Crippen LogP contribution in [0.3, 0.4) is 0 Å². The second-order valence-electron chi connectivity index (χ2n) is 5.27. The van der Waals surface area contributed by atoms with Crippen LogP contribution in [0.25, 0.3) is 0 Å². The first kappa shape index (κ1) is 16.2. The molecule has 1 saturated carbocycles. The van der Waals surface area contributed by atoms with Gasteiger partial charge in [-0.1, -0.05) is 12.1 Å². The van der Waals surface area contributed by atoms with Crippen LogP contribution in [0, 0.1) is 0 Å². The Labute approximate surface area is 126 Å². The molecule has 0 amide bonds. The molecule has 7 heteroatoms. The predicted molar refractivity (Wildman–Crippen MR) is 82.7 cm³/mol. The van der Waals surface area contributed by atoms with Gasteiger partial charge in [-0.2, -0.15) is 0 Å². The third kappa shape index (κ3) is 4.67. The minimum Gasteiger partial charge on any atom is -0.383 e. The van der Waals surface area contributed by atoms with Crippen molar-refractivity contribution in [2.24, 2.45) is 5.73 Å². The zero-order valence-electron chi connectivity index (χ0n) is 12.2. The number of sulfonamides is 1. The fourth-order valence-electron chi connectivity index (χ4n) is 2.12. The maximum Gasteiger partial charge on any atom is 0.242 e. The van der Waals surface area contributed by atoms with E-state index in [9.17, 15) is 8.42 Å². The third-order valence-corrected chi connectivity index (χ3v) is 4.90. The van der Waals surface area contributed by atoms with E-state index in [0.717, 1.165) is 12.8 Å². The molecule has 0 radical (unpaired) electrons. The van der Waals surface area contributed by atoms with E-state index >= 15 is 0 Å². The van der Waals surface area contributed by atoms with Crippen molar-refractivity contribution in [3.63, 3.8) is 0 Å². The lowest BCUT2D eigenvalue weighted by Gasteiger charge is -2.20. The average molecular weight is 313 g/mol. The normalized spacial score (nSPS) is 16.7. The lowest BCUT2D eigenvalue weighted by atomic mass is 10.2. The molecule has 0 heterocycles. The van der Waals surface area contributed by atoms with Gasteiger partial charge in [-0.15, -0.1) is 0 Å². The molecule has 1 aliphatic rings. The number of hydrogen-bond donors (Lipinski definition) is 3. The van der Waals surface area contributed by atoms with Crippen molar-refractivity contribution in [1.82, 2.24) is 4.72 Å².